The summed E-state index contributed by atoms with van der Waals surface area (Å²) in [4.78, 5) is 2.51. The van der Waals surface area contributed by atoms with Gasteiger partial charge in [0.25, 0.3) is 0 Å². The van der Waals surface area contributed by atoms with E-state index in [1.54, 1.807) is 11.3 Å². The van der Waals surface area contributed by atoms with Gasteiger partial charge in [-0.3, -0.25) is 4.90 Å². The van der Waals surface area contributed by atoms with Crippen LogP contribution in [0.4, 0.5) is 0 Å². The molecule has 1 aliphatic carbocycles. The Morgan fingerprint density at radius 3 is 2.83 bits per heavy atom. The number of hydrogen-bond acceptors (Lipinski definition) is 3. The standard InChI is InChI=1S/C15H26N2S/c1-12-4-6-15(11-16,13(2)8-12)17(3)9-14-5-7-18-10-14/h5,7,10,12-13H,4,6,8-9,11,16H2,1-3H3. The van der Waals surface area contributed by atoms with E-state index in [0.717, 1.165) is 19.0 Å². The van der Waals surface area contributed by atoms with Gasteiger partial charge in [0, 0.05) is 18.6 Å². The molecule has 1 heterocycles. The van der Waals surface area contributed by atoms with Gasteiger partial charge in [-0.2, -0.15) is 11.3 Å². The van der Waals surface area contributed by atoms with Crippen LogP contribution in [0.25, 0.3) is 0 Å². The summed E-state index contributed by atoms with van der Waals surface area (Å²) in [5.74, 6) is 1.55. The van der Waals surface area contributed by atoms with E-state index < -0.39 is 0 Å². The van der Waals surface area contributed by atoms with Gasteiger partial charge in [-0.15, -0.1) is 0 Å². The molecule has 1 fully saturated rings. The maximum atomic E-state index is 6.16. The predicted molar refractivity (Wildman–Crippen MR) is 79.8 cm³/mol. The Kier molecular flexibility index (Phi) is 4.46. The van der Waals surface area contributed by atoms with Crippen molar-refractivity contribution < 1.29 is 0 Å². The Balaban J connectivity index is 2.11. The molecular formula is C15H26N2S. The lowest BCUT2D eigenvalue weighted by Gasteiger charge is -2.50. The van der Waals surface area contributed by atoms with Crippen molar-refractivity contribution in [3.8, 4) is 0 Å². The largest absolute Gasteiger partial charge is 0.329 e. The second-order valence-electron chi connectivity index (χ2n) is 6.08. The van der Waals surface area contributed by atoms with Crippen LogP contribution in [0.5, 0.6) is 0 Å². The molecule has 3 heteroatoms. The van der Waals surface area contributed by atoms with E-state index in [0.29, 0.717) is 5.92 Å². The van der Waals surface area contributed by atoms with Crippen LogP contribution in [0.2, 0.25) is 0 Å². The zero-order chi connectivity index (χ0) is 13.2. The number of nitrogens with zero attached hydrogens (tertiary/aromatic N) is 1. The van der Waals surface area contributed by atoms with Gasteiger partial charge >= 0.3 is 0 Å². The fourth-order valence-electron chi connectivity index (χ4n) is 3.52. The SMILES string of the molecule is CC1CCC(CN)(N(C)Cc2ccsc2)C(C)C1. The van der Waals surface area contributed by atoms with E-state index in [4.69, 9.17) is 5.73 Å². The first-order valence-electron chi connectivity index (χ1n) is 7.01. The molecule has 2 N–H and O–H groups in total. The molecule has 0 amide bonds. The van der Waals surface area contributed by atoms with Crippen LogP contribution in [0.1, 0.15) is 38.7 Å². The molecule has 2 nitrogen and oxygen atoms in total. The van der Waals surface area contributed by atoms with Crippen molar-refractivity contribution in [3.63, 3.8) is 0 Å². The van der Waals surface area contributed by atoms with Crippen LogP contribution in [-0.2, 0) is 6.54 Å². The Bertz CT molecular complexity index is 363. The average Bonchev–Trinajstić information content (AvgIpc) is 2.82. The van der Waals surface area contributed by atoms with E-state index in [1.165, 1.54) is 24.8 Å². The summed E-state index contributed by atoms with van der Waals surface area (Å²) in [6.45, 7) is 6.56. The smallest absolute Gasteiger partial charge is 0.0357 e. The minimum Gasteiger partial charge on any atom is -0.329 e. The molecule has 1 aromatic heterocycles. The second kappa shape index (κ2) is 5.72. The van der Waals surface area contributed by atoms with E-state index in [1.807, 2.05) is 0 Å². The summed E-state index contributed by atoms with van der Waals surface area (Å²) in [6, 6.07) is 2.22. The van der Waals surface area contributed by atoms with Crippen molar-refractivity contribution in [3.05, 3.63) is 22.4 Å². The van der Waals surface area contributed by atoms with Crippen LogP contribution in [-0.4, -0.2) is 24.0 Å². The molecule has 0 bridgehead atoms. The number of thiophene rings is 1. The minimum absolute atomic E-state index is 0.203. The van der Waals surface area contributed by atoms with Crippen LogP contribution < -0.4 is 5.73 Å². The zero-order valence-corrected chi connectivity index (χ0v) is 12.7. The number of nitrogens with two attached hydrogens (primary N) is 1. The lowest BCUT2D eigenvalue weighted by molar-refractivity contribution is 0.0129. The number of hydrogen-bond donors (Lipinski definition) is 1. The van der Waals surface area contributed by atoms with Crippen molar-refractivity contribution in [2.75, 3.05) is 13.6 Å². The molecule has 3 atom stereocenters. The fraction of sp³-hybridized carbons (Fsp3) is 0.733. The monoisotopic (exact) mass is 266 g/mol. The first-order valence-corrected chi connectivity index (χ1v) is 7.95. The van der Waals surface area contributed by atoms with Gasteiger partial charge in [-0.05, 0) is 60.5 Å². The summed E-state index contributed by atoms with van der Waals surface area (Å²) < 4.78 is 0. The Morgan fingerprint density at radius 1 is 1.50 bits per heavy atom. The van der Waals surface area contributed by atoms with Gasteiger partial charge in [-0.1, -0.05) is 13.8 Å². The third-order valence-corrected chi connectivity index (χ3v) is 5.59. The topological polar surface area (TPSA) is 29.3 Å². The van der Waals surface area contributed by atoms with Crippen molar-refractivity contribution >= 4 is 11.3 Å². The maximum absolute atomic E-state index is 6.16. The van der Waals surface area contributed by atoms with Gasteiger partial charge in [0.2, 0.25) is 0 Å². The number of likely N-dealkylation sites (N-methyl/N-ethyl adjacent to an activating group) is 1. The van der Waals surface area contributed by atoms with Crippen LogP contribution in [0.3, 0.4) is 0 Å². The molecule has 0 aliphatic heterocycles. The highest BCUT2D eigenvalue weighted by molar-refractivity contribution is 7.07. The molecule has 0 radical (unpaired) electrons. The lowest BCUT2D eigenvalue weighted by Crippen LogP contribution is -2.58. The van der Waals surface area contributed by atoms with Gasteiger partial charge in [0.15, 0.2) is 0 Å². The van der Waals surface area contributed by atoms with E-state index in [-0.39, 0.29) is 5.54 Å². The van der Waals surface area contributed by atoms with Crippen molar-refractivity contribution in [1.82, 2.24) is 4.90 Å². The summed E-state index contributed by atoms with van der Waals surface area (Å²) in [5, 5.41) is 4.40. The third kappa shape index (κ3) is 2.63. The van der Waals surface area contributed by atoms with E-state index in [2.05, 4.69) is 42.6 Å². The fourth-order valence-corrected chi connectivity index (χ4v) is 4.18. The molecule has 0 saturated heterocycles. The van der Waals surface area contributed by atoms with Crippen LogP contribution in [0, 0.1) is 11.8 Å². The normalized spacial score (nSPS) is 32.9. The molecule has 102 valence electrons. The average molecular weight is 266 g/mol. The molecule has 3 unspecified atom stereocenters. The van der Waals surface area contributed by atoms with E-state index in [9.17, 15) is 0 Å². The Labute approximate surface area is 115 Å². The summed E-state index contributed by atoms with van der Waals surface area (Å²) in [5.41, 5.74) is 7.79. The maximum Gasteiger partial charge on any atom is 0.0357 e. The third-order valence-electron chi connectivity index (χ3n) is 4.86. The zero-order valence-electron chi connectivity index (χ0n) is 11.9. The summed E-state index contributed by atoms with van der Waals surface area (Å²) >= 11 is 1.78. The highest BCUT2D eigenvalue weighted by Crippen LogP contribution is 2.40. The molecule has 1 aromatic rings. The molecule has 1 aliphatic rings. The minimum atomic E-state index is 0.203. The molecule has 0 aromatic carbocycles. The van der Waals surface area contributed by atoms with Crippen LogP contribution >= 0.6 is 11.3 Å². The van der Waals surface area contributed by atoms with Crippen molar-refractivity contribution in [1.29, 1.82) is 0 Å². The first-order chi connectivity index (χ1) is 8.58. The Morgan fingerprint density at radius 2 is 2.28 bits per heavy atom. The first kappa shape index (κ1) is 14.0. The second-order valence-corrected chi connectivity index (χ2v) is 6.86. The molecule has 2 rings (SSSR count). The summed E-state index contributed by atoms with van der Waals surface area (Å²) in [6.07, 6.45) is 3.87. The van der Waals surface area contributed by atoms with Crippen molar-refractivity contribution in [2.24, 2.45) is 17.6 Å². The van der Waals surface area contributed by atoms with Gasteiger partial charge in [0.1, 0.15) is 0 Å². The molecular weight excluding hydrogens is 240 g/mol. The van der Waals surface area contributed by atoms with Crippen molar-refractivity contribution in [2.45, 2.75) is 45.2 Å². The summed E-state index contributed by atoms with van der Waals surface area (Å²) in [7, 11) is 2.25. The Hall–Kier alpha value is -0.380. The number of rotatable bonds is 4. The van der Waals surface area contributed by atoms with Gasteiger partial charge < -0.3 is 5.73 Å². The lowest BCUT2D eigenvalue weighted by atomic mass is 9.69. The predicted octanol–water partition coefficient (Wildman–Crippen LogP) is 3.33. The van der Waals surface area contributed by atoms with E-state index >= 15 is 0 Å². The molecule has 18 heavy (non-hydrogen) atoms. The highest BCUT2D eigenvalue weighted by atomic mass is 32.1. The molecule has 0 spiro atoms. The van der Waals surface area contributed by atoms with Crippen LogP contribution in [0.15, 0.2) is 16.8 Å². The van der Waals surface area contributed by atoms with Gasteiger partial charge in [-0.25, -0.2) is 0 Å². The van der Waals surface area contributed by atoms with Gasteiger partial charge in [0.05, 0.1) is 0 Å². The highest BCUT2D eigenvalue weighted by Gasteiger charge is 2.42. The molecule has 1 saturated carbocycles. The quantitative estimate of drug-likeness (QED) is 0.905.